The molecule has 0 unspecified atom stereocenters. The van der Waals surface area contributed by atoms with Crippen LogP contribution in [0.5, 0.6) is 0 Å². The van der Waals surface area contributed by atoms with Crippen LogP contribution >= 0.6 is 11.6 Å². The molecule has 0 aliphatic rings. The lowest BCUT2D eigenvalue weighted by molar-refractivity contribution is -0.119. The molecule has 3 aromatic heterocycles. The van der Waals surface area contributed by atoms with Crippen LogP contribution < -0.4 is 16.6 Å². The third-order valence-corrected chi connectivity index (χ3v) is 4.86. The molecule has 0 bridgehead atoms. The minimum absolute atomic E-state index is 0.0307. The molecule has 3 heterocycles. The highest BCUT2D eigenvalue weighted by Gasteiger charge is 2.20. The molecule has 0 spiro atoms. The lowest BCUT2D eigenvalue weighted by atomic mass is 10.0. The van der Waals surface area contributed by atoms with Gasteiger partial charge in [-0.15, -0.1) is 0 Å². The van der Waals surface area contributed by atoms with E-state index in [-0.39, 0.29) is 17.2 Å². The summed E-state index contributed by atoms with van der Waals surface area (Å²) in [5.41, 5.74) is 13.4. The summed E-state index contributed by atoms with van der Waals surface area (Å²) in [5.74, 6) is -1.21. The molecule has 11 nitrogen and oxygen atoms in total. The van der Waals surface area contributed by atoms with Crippen LogP contribution in [0.15, 0.2) is 53.9 Å². The molecular weight excluding hydrogens is 446 g/mol. The van der Waals surface area contributed by atoms with Crippen LogP contribution in [0.3, 0.4) is 0 Å². The van der Waals surface area contributed by atoms with Crippen molar-refractivity contribution in [1.82, 2.24) is 35.4 Å². The van der Waals surface area contributed by atoms with E-state index in [1.165, 1.54) is 24.0 Å². The monoisotopic (exact) mass is 463 g/mol. The van der Waals surface area contributed by atoms with E-state index in [1.54, 1.807) is 13.0 Å². The zero-order chi connectivity index (χ0) is 23.5. The third kappa shape index (κ3) is 4.48. The van der Waals surface area contributed by atoms with E-state index >= 15 is 0 Å². The number of carbonyl (C=O) groups is 2. The largest absolute Gasteiger partial charge is 0.383 e. The fourth-order valence-electron chi connectivity index (χ4n) is 3.09. The maximum absolute atomic E-state index is 12.6. The van der Waals surface area contributed by atoms with Crippen molar-refractivity contribution in [2.45, 2.75) is 13.8 Å². The fourth-order valence-corrected chi connectivity index (χ4v) is 3.26. The highest BCUT2D eigenvalue weighted by Crippen LogP contribution is 2.27. The summed E-state index contributed by atoms with van der Waals surface area (Å²) in [6.07, 6.45) is 2.70. The van der Waals surface area contributed by atoms with E-state index < -0.39 is 11.8 Å². The Morgan fingerprint density at radius 2 is 1.85 bits per heavy atom. The normalized spacial score (nSPS) is 11.4. The van der Waals surface area contributed by atoms with Crippen molar-refractivity contribution in [2.75, 3.05) is 5.73 Å². The average Bonchev–Trinajstić information content (AvgIpc) is 3.17. The second-order valence-corrected chi connectivity index (χ2v) is 7.30. The van der Waals surface area contributed by atoms with E-state index in [0.29, 0.717) is 27.8 Å². The molecular formula is C21H18ClN9O2. The number of nitrogens with zero attached hydrogens (tertiary/aromatic N) is 6. The number of imidazole rings is 1. The quantitative estimate of drug-likeness (QED) is 0.310. The molecule has 0 fully saturated rings. The minimum atomic E-state index is -0.702. The van der Waals surface area contributed by atoms with Crippen molar-refractivity contribution in [1.29, 1.82) is 0 Å². The maximum atomic E-state index is 12.6. The highest BCUT2D eigenvalue weighted by atomic mass is 35.5. The van der Waals surface area contributed by atoms with E-state index in [2.05, 4.69) is 35.9 Å². The van der Waals surface area contributed by atoms with E-state index in [4.69, 9.17) is 17.3 Å². The molecule has 4 rings (SSSR count). The smallest absolute Gasteiger partial charge is 0.277 e. The Kier molecular flexibility index (Phi) is 5.96. The van der Waals surface area contributed by atoms with Gasteiger partial charge in [-0.1, -0.05) is 41.9 Å². The third-order valence-electron chi connectivity index (χ3n) is 4.60. The number of rotatable bonds is 4. The van der Waals surface area contributed by atoms with Gasteiger partial charge in [-0.25, -0.2) is 24.5 Å². The van der Waals surface area contributed by atoms with Crippen LogP contribution in [-0.4, -0.2) is 42.1 Å². The Morgan fingerprint density at radius 3 is 2.58 bits per heavy atom. The first-order valence-electron chi connectivity index (χ1n) is 9.68. The Balaban J connectivity index is 1.85. The van der Waals surface area contributed by atoms with E-state index in [0.717, 1.165) is 5.56 Å². The molecule has 33 heavy (non-hydrogen) atoms. The summed E-state index contributed by atoms with van der Waals surface area (Å²) in [7, 11) is 0. The number of carbonyl (C=O) groups excluding carboxylic acids is 2. The summed E-state index contributed by atoms with van der Waals surface area (Å²) in [4.78, 5) is 40.5. The number of nitrogen functional groups attached to an aromatic ring is 1. The second-order valence-electron chi connectivity index (χ2n) is 6.91. The van der Waals surface area contributed by atoms with Crippen LogP contribution in [0.4, 0.5) is 11.6 Å². The predicted molar refractivity (Wildman–Crippen MR) is 123 cm³/mol. The molecule has 4 N–H and O–H groups in total. The average molecular weight is 464 g/mol. The number of amides is 2. The van der Waals surface area contributed by atoms with Gasteiger partial charge in [0.05, 0.1) is 6.20 Å². The number of anilines is 1. The first-order chi connectivity index (χ1) is 15.8. The molecule has 4 aromatic rings. The molecule has 0 saturated carbocycles. The summed E-state index contributed by atoms with van der Waals surface area (Å²) in [5, 5.41) is 5.01. The van der Waals surface area contributed by atoms with Crippen LogP contribution in [0, 0.1) is 0 Å². The topological polar surface area (TPSA) is 153 Å². The van der Waals surface area contributed by atoms with Crippen molar-refractivity contribution in [2.24, 2.45) is 4.99 Å². The number of hydrazine groups is 1. The van der Waals surface area contributed by atoms with Gasteiger partial charge in [0.25, 0.3) is 5.91 Å². The Labute approximate surface area is 192 Å². The zero-order valence-corrected chi connectivity index (χ0v) is 18.3. The number of nitrogens with one attached hydrogen (secondary N) is 2. The van der Waals surface area contributed by atoms with Gasteiger partial charge in [0.2, 0.25) is 5.91 Å². The zero-order valence-electron chi connectivity index (χ0n) is 17.6. The van der Waals surface area contributed by atoms with Crippen molar-refractivity contribution in [3.8, 4) is 11.3 Å². The number of hydrogen-bond donors (Lipinski definition) is 3. The van der Waals surface area contributed by atoms with Crippen molar-refractivity contribution in [3.63, 3.8) is 0 Å². The number of halogens is 1. The van der Waals surface area contributed by atoms with Gasteiger partial charge in [0.15, 0.2) is 16.6 Å². The van der Waals surface area contributed by atoms with Crippen molar-refractivity contribution < 1.29 is 9.59 Å². The lowest BCUT2D eigenvalue weighted by Gasteiger charge is -2.12. The molecule has 0 saturated heterocycles. The van der Waals surface area contributed by atoms with E-state index in [9.17, 15) is 9.59 Å². The van der Waals surface area contributed by atoms with Gasteiger partial charge in [0.1, 0.15) is 23.4 Å². The molecule has 2 amide bonds. The van der Waals surface area contributed by atoms with Gasteiger partial charge < -0.3 is 5.73 Å². The Morgan fingerprint density at radius 1 is 1.09 bits per heavy atom. The number of fused-ring (bicyclic) bond motifs is 1. The Bertz CT molecular complexity index is 1400. The number of nitrogens with two attached hydrogens (primary N) is 1. The number of aromatic nitrogens is 5. The summed E-state index contributed by atoms with van der Waals surface area (Å²) in [6, 6.07) is 11.3. The molecule has 0 aliphatic carbocycles. The standard InChI is InChI=1S/C21H18ClN9O2/c1-11(27-20-17(19(23)25-10-26-20)21(33)29-28-12(2)32)14-8-16-24-9-15(22)31(16)30-18(14)13-6-4-3-5-7-13/h3-10H,1-2H3,(H,28,32)(H,29,33)(H2,23,25,26). The lowest BCUT2D eigenvalue weighted by Crippen LogP contribution is -2.40. The molecule has 166 valence electrons. The summed E-state index contributed by atoms with van der Waals surface area (Å²) < 4.78 is 1.52. The molecule has 0 aliphatic heterocycles. The molecule has 0 radical (unpaired) electrons. The highest BCUT2D eigenvalue weighted by molar-refractivity contribution is 6.29. The number of aliphatic imine (C=N–C) groups is 1. The van der Waals surface area contributed by atoms with Crippen LogP contribution in [0.2, 0.25) is 5.15 Å². The Hall–Kier alpha value is -4.38. The number of benzene rings is 1. The SMILES string of the molecule is CC(=O)NNC(=O)c1c(N)ncnc1N=C(C)c1cc2ncc(Cl)n2nc1-c1ccccc1. The molecule has 12 heteroatoms. The fraction of sp³-hybridized carbons (Fsp3) is 0.0952. The summed E-state index contributed by atoms with van der Waals surface area (Å²) in [6.45, 7) is 3.00. The van der Waals surface area contributed by atoms with Gasteiger partial charge >= 0.3 is 0 Å². The first-order valence-corrected chi connectivity index (χ1v) is 10.1. The van der Waals surface area contributed by atoms with Gasteiger partial charge in [-0.05, 0) is 13.0 Å². The van der Waals surface area contributed by atoms with E-state index in [1.807, 2.05) is 30.3 Å². The predicted octanol–water partition coefficient (Wildman–Crippen LogP) is 2.34. The van der Waals surface area contributed by atoms with Gasteiger partial charge in [0, 0.05) is 23.8 Å². The van der Waals surface area contributed by atoms with Crippen LogP contribution in [-0.2, 0) is 4.79 Å². The maximum Gasteiger partial charge on any atom is 0.277 e. The van der Waals surface area contributed by atoms with Crippen molar-refractivity contribution in [3.05, 3.63) is 65.2 Å². The number of hydrogen-bond acceptors (Lipinski definition) is 8. The van der Waals surface area contributed by atoms with Gasteiger partial charge in [-0.3, -0.25) is 20.4 Å². The second kappa shape index (κ2) is 9.01. The molecule has 1 aromatic carbocycles. The minimum Gasteiger partial charge on any atom is -0.383 e. The van der Waals surface area contributed by atoms with Crippen LogP contribution in [0.25, 0.3) is 16.9 Å². The van der Waals surface area contributed by atoms with Crippen LogP contribution in [0.1, 0.15) is 29.8 Å². The van der Waals surface area contributed by atoms with Crippen molar-refractivity contribution >= 4 is 46.4 Å². The van der Waals surface area contributed by atoms with Gasteiger partial charge in [-0.2, -0.15) is 5.10 Å². The summed E-state index contributed by atoms with van der Waals surface area (Å²) >= 11 is 6.22. The first kappa shape index (κ1) is 21.8. The molecule has 0 atom stereocenters.